The van der Waals surface area contributed by atoms with E-state index in [2.05, 4.69) is 15.6 Å². The summed E-state index contributed by atoms with van der Waals surface area (Å²) in [6.45, 7) is 0.718. The van der Waals surface area contributed by atoms with Gasteiger partial charge in [-0.25, -0.2) is 9.78 Å². The van der Waals surface area contributed by atoms with Crippen LogP contribution in [0.3, 0.4) is 0 Å². The van der Waals surface area contributed by atoms with Crippen molar-refractivity contribution in [1.82, 2.24) is 9.55 Å². The number of anilines is 2. The van der Waals surface area contributed by atoms with Crippen LogP contribution >= 0.6 is 0 Å². The van der Waals surface area contributed by atoms with Gasteiger partial charge in [0, 0.05) is 19.0 Å². The van der Waals surface area contributed by atoms with Gasteiger partial charge < -0.3 is 33.8 Å². The molecule has 0 bridgehead atoms. The average Bonchev–Trinajstić information content (AvgIpc) is 3.52. The molecule has 4 rings (SSSR count). The lowest BCUT2D eigenvalue weighted by Gasteiger charge is -2.11. The minimum Gasteiger partial charge on any atom is -0.497 e. The molecule has 10 heteroatoms. The van der Waals surface area contributed by atoms with Crippen LogP contribution < -0.4 is 15.4 Å². The molecule has 0 fully saturated rings. The fraction of sp³-hybridized carbons (Fsp3) is 0.269. The summed E-state index contributed by atoms with van der Waals surface area (Å²) in [7, 11) is 4.35. The van der Waals surface area contributed by atoms with Crippen molar-refractivity contribution in [3.05, 3.63) is 71.9 Å². The summed E-state index contributed by atoms with van der Waals surface area (Å²) in [6, 6.07) is 13.2. The molecule has 0 spiro atoms. The average molecular weight is 493 g/mol. The van der Waals surface area contributed by atoms with Crippen molar-refractivity contribution in [2.45, 2.75) is 19.5 Å². The SMILES string of the molecule is COCC(=O)Nc1c(C(=O)OC)n(CCc2ccc(OC)cc2)c2ncc(NCc3ccco3)cc12. The minimum atomic E-state index is -0.583. The zero-order valence-electron chi connectivity index (χ0n) is 20.4. The molecule has 1 amide bonds. The molecule has 0 saturated heterocycles. The van der Waals surface area contributed by atoms with Gasteiger partial charge in [-0.05, 0) is 42.3 Å². The number of amides is 1. The first-order valence-electron chi connectivity index (χ1n) is 11.3. The zero-order chi connectivity index (χ0) is 25.5. The number of benzene rings is 1. The van der Waals surface area contributed by atoms with Crippen molar-refractivity contribution in [1.29, 1.82) is 0 Å². The third-order valence-corrected chi connectivity index (χ3v) is 5.65. The molecule has 0 saturated carbocycles. The van der Waals surface area contributed by atoms with Crippen molar-refractivity contribution in [3.8, 4) is 5.75 Å². The van der Waals surface area contributed by atoms with E-state index < -0.39 is 11.9 Å². The van der Waals surface area contributed by atoms with Crippen LogP contribution in [0.2, 0.25) is 0 Å². The molecule has 0 atom stereocenters. The van der Waals surface area contributed by atoms with E-state index in [0.29, 0.717) is 41.9 Å². The highest BCUT2D eigenvalue weighted by molar-refractivity contribution is 6.11. The van der Waals surface area contributed by atoms with E-state index in [0.717, 1.165) is 17.1 Å². The third-order valence-electron chi connectivity index (χ3n) is 5.65. The Labute approximate surface area is 208 Å². The smallest absolute Gasteiger partial charge is 0.356 e. The van der Waals surface area contributed by atoms with E-state index in [1.807, 2.05) is 42.5 Å². The molecule has 0 radical (unpaired) electrons. The Morgan fingerprint density at radius 2 is 1.92 bits per heavy atom. The van der Waals surface area contributed by atoms with Crippen molar-refractivity contribution in [3.63, 3.8) is 0 Å². The molecule has 3 heterocycles. The maximum atomic E-state index is 12.9. The van der Waals surface area contributed by atoms with E-state index in [1.54, 1.807) is 24.1 Å². The lowest BCUT2D eigenvalue weighted by Crippen LogP contribution is -2.20. The Bertz CT molecular complexity index is 1330. The van der Waals surface area contributed by atoms with Gasteiger partial charge in [0.15, 0.2) is 5.69 Å². The highest BCUT2D eigenvalue weighted by Gasteiger charge is 2.26. The van der Waals surface area contributed by atoms with Gasteiger partial charge in [-0.2, -0.15) is 0 Å². The Hall–Kier alpha value is -4.31. The number of aryl methyl sites for hydroxylation is 2. The molecular weight excluding hydrogens is 464 g/mol. The standard InChI is InChI=1S/C26H28N4O6/c1-33-16-22(31)29-23-21-13-18(27-15-20-5-4-12-36-20)14-28-25(21)30(24(23)26(32)35-3)11-10-17-6-8-19(34-2)9-7-17/h4-9,12-14,27H,10-11,15-16H2,1-3H3,(H,29,31). The fourth-order valence-corrected chi connectivity index (χ4v) is 3.92. The summed E-state index contributed by atoms with van der Waals surface area (Å²) < 4.78 is 22.4. The molecule has 10 nitrogen and oxygen atoms in total. The predicted octanol–water partition coefficient (Wildman–Crippen LogP) is 3.86. The molecule has 0 aliphatic carbocycles. The van der Waals surface area contributed by atoms with Gasteiger partial charge in [0.1, 0.15) is 23.8 Å². The number of fused-ring (bicyclic) bond motifs is 1. The number of aromatic nitrogens is 2. The van der Waals surface area contributed by atoms with Crippen LogP contribution in [-0.4, -0.2) is 49.4 Å². The molecule has 0 aliphatic rings. The molecule has 188 valence electrons. The van der Waals surface area contributed by atoms with Gasteiger partial charge in [0.2, 0.25) is 5.91 Å². The summed E-state index contributed by atoms with van der Waals surface area (Å²) in [4.78, 5) is 30.0. The normalized spacial score (nSPS) is 10.9. The summed E-state index contributed by atoms with van der Waals surface area (Å²) in [5.41, 5.74) is 2.82. The second-order valence-corrected chi connectivity index (χ2v) is 7.97. The summed E-state index contributed by atoms with van der Waals surface area (Å²) in [6.07, 6.45) is 3.90. The van der Waals surface area contributed by atoms with Crippen LogP contribution in [-0.2, 0) is 33.8 Å². The number of hydrogen-bond acceptors (Lipinski definition) is 8. The Kier molecular flexibility index (Phi) is 7.86. The molecule has 3 aromatic heterocycles. The first kappa shape index (κ1) is 24.8. The van der Waals surface area contributed by atoms with E-state index >= 15 is 0 Å². The number of nitrogens with zero attached hydrogens (tertiary/aromatic N) is 2. The van der Waals surface area contributed by atoms with Crippen molar-refractivity contribution in [2.24, 2.45) is 0 Å². The van der Waals surface area contributed by atoms with Crippen molar-refractivity contribution in [2.75, 3.05) is 38.6 Å². The number of ether oxygens (including phenoxy) is 3. The second-order valence-electron chi connectivity index (χ2n) is 7.97. The number of pyridine rings is 1. The molecule has 1 aromatic carbocycles. The van der Waals surface area contributed by atoms with Gasteiger partial charge in [0.25, 0.3) is 0 Å². The minimum absolute atomic E-state index is 0.164. The van der Waals surface area contributed by atoms with Crippen LogP contribution in [0, 0.1) is 0 Å². The highest BCUT2D eigenvalue weighted by atomic mass is 16.5. The maximum absolute atomic E-state index is 12.9. The summed E-state index contributed by atoms with van der Waals surface area (Å²) in [5, 5.41) is 6.66. The second kappa shape index (κ2) is 11.4. The number of methoxy groups -OCH3 is 3. The van der Waals surface area contributed by atoms with Crippen LogP contribution in [0.25, 0.3) is 11.0 Å². The van der Waals surface area contributed by atoms with Crippen LogP contribution in [0.1, 0.15) is 21.8 Å². The Morgan fingerprint density at radius 3 is 2.58 bits per heavy atom. The number of furan rings is 1. The van der Waals surface area contributed by atoms with Gasteiger partial charge >= 0.3 is 5.97 Å². The van der Waals surface area contributed by atoms with Crippen LogP contribution in [0.4, 0.5) is 11.4 Å². The predicted molar refractivity (Wildman–Crippen MR) is 134 cm³/mol. The molecule has 36 heavy (non-hydrogen) atoms. The number of hydrogen-bond donors (Lipinski definition) is 2. The third kappa shape index (κ3) is 5.49. The van der Waals surface area contributed by atoms with Gasteiger partial charge in [0.05, 0.1) is 44.6 Å². The highest BCUT2D eigenvalue weighted by Crippen LogP contribution is 2.33. The fourth-order valence-electron chi connectivity index (χ4n) is 3.92. The van der Waals surface area contributed by atoms with E-state index in [-0.39, 0.29) is 12.3 Å². The quantitative estimate of drug-likeness (QED) is 0.303. The number of nitrogens with one attached hydrogen (secondary N) is 2. The molecule has 0 aliphatic heterocycles. The molecule has 0 unspecified atom stereocenters. The number of rotatable bonds is 11. The zero-order valence-corrected chi connectivity index (χ0v) is 20.4. The first-order chi connectivity index (χ1) is 17.5. The molecule has 2 N–H and O–H groups in total. The number of carbonyl (C=O) groups is 2. The maximum Gasteiger partial charge on any atom is 0.356 e. The van der Waals surface area contributed by atoms with Crippen molar-refractivity contribution < 1.29 is 28.2 Å². The van der Waals surface area contributed by atoms with Crippen LogP contribution in [0.15, 0.2) is 59.3 Å². The monoisotopic (exact) mass is 492 g/mol. The van der Waals surface area contributed by atoms with E-state index in [1.165, 1.54) is 14.2 Å². The van der Waals surface area contributed by atoms with E-state index in [4.69, 9.17) is 18.6 Å². The van der Waals surface area contributed by atoms with Crippen LogP contribution in [0.5, 0.6) is 5.75 Å². The van der Waals surface area contributed by atoms with Gasteiger partial charge in [-0.1, -0.05) is 12.1 Å². The molecule has 4 aromatic rings. The number of carbonyl (C=O) groups excluding carboxylic acids is 2. The Balaban J connectivity index is 1.74. The molecular formula is C26H28N4O6. The topological polar surface area (TPSA) is 117 Å². The first-order valence-corrected chi connectivity index (χ1v) is 11.3. The summed E-state index contributed by atoms with van der Waals surface area (Å²) in [5.74, 6) is 0.544. The van der Waals surface area contributed by atoms with Crippen molar-refractivity contribution >= 4 is 34.3 Å². The lowest BCUT2D eigenvalue weighted by molar-refractivity contribution is -0.119. The summed E-state index contributed by atoms with van der Waals surface area (Å²) >= 11 is 0. The largest absolute Gasteiger partial charge is 0.497 e. The number of esters is 1. The lowest BCUT2D eigenvalue weighted by atomic mass is 10.1. The van der Waals surface area contributed by atoms with Gasteiger partial charge in [-0.3, -0.25) is 4.79 Å². The van der Waals surface area contributed by atoms with E-state index in [9.17, 15) is 9.59 Å². The Morgan fingerprint density at radius 1 is 1.11 bits per heavy atom. The van der Waals surface area contributed by atoms with Gasteiger partial charge in [-0.15, -0.1) is 0 Å².